The lowest BCUT2D eigenvalue weighted by atomic mass is 9.90. The van der Waals surface area contributed by atoms with E-state index in [4.69, 9.17) is 0 Å². The number of piperidine rings is 1. The molecule has 1 fully saturated rings. The normalized spacial score (nSPS) is 20.1. The quantitative estimate of drug-likeness (QED) is 0.714. The Morgan fingerprint density at radius 1 is 1.53 bits per heavy atom. The van der Waals surface area contributed by atoms with Crippen LogP contribution in [-0.4, -0.2) is 23.9 Å². The lowest BCUT2D eigenvalue weighted by molar-refractivity contribution is -0.127. The molecule has 0 N–H and O–H groups in total. The number of nitrogens with zero attached hydrogens (tertiary/aromatic N) is 1. The Hall–Kier alpha value is -1.57. The van der Waals surface area contributed by atoms with Gasteiger partial charge in [-0.3, -0.25) is 4.79 Å². The molecule has 0 saturated carbocycles. The lowest BCUT2D eigenvalue weighted by Gasteiger charge is -2.32. The summed E-state index contributed by atoms with van der Waals surface area (Å²) in [6.45, 7) is 7.36. The van der Waals surface area contributed by atoms with Gasteiger partial charge in [-0.2, -0.15) is 0 Å². The SMILES string of the molecule is C=CC(=O)N1CCCC(c2cccc(C)c2)C1. The Morgan fingerprint density at radius 3 is 3.06 bits per heavy atom. The van der Waals surface area contributed by atoms with Gasteiger partial charge in [0.1, 0.15) is 0 Å². The van der Waals surface area contributed by atoms with Crippen LogP contribution in [0.5, 0.6) is 0 Å². The third-order valence-corrected chi connectivity index (χ3v) is 3.42. The fraction of sp³-hybridized carbons (Fsp3) is 0.400. The van der Waals surface area contributed by atoms with Crippen molar-refractivity contribution < 1.29 is 4.79 Å². The van der Waals surface area contributed by atoms with E-state index in [1.54, 1.807) is 0 Å². The van der Waals surface area contributed by atoms with Gasteiger partial charge >= 0.3 is 0 Å². The molecule has 1 aliphatic heterocycles. The highest BCUT2D eigenvalue weighted by molar-refractivity contribution is 5.87. The van der Waals surface area contributed by atoms with E-state index in [2.05, 4.69) is 37.8 Å². The van der Waals surface area contributed by atoms with Crippen molar-refractivity contribution in [1.29, 1.82) is 0 Å². The number of hydrogen-bond acceptors (Lipinski definition) is 1. The molecule has 2 rings (SSSR count). The standard InChI is InChI=1S/C15H19NO/c1-3-15(17)16-9-5-8-14(11-16)13-7-4-6-12(2)10-13/h3-4,6-7,10,14H,1,5,8-9,11H2,2H3. The molecule has 0 aliphatic carbocycles. The van der Waals surface area contributed by atoms with Crippen LogP contribution in [-0.2, 0) is 4.79 Å². The fourth-order valence-corrected chi connectivity index (χ4v) is 2.50. The van der Waals surface area contributed by atoms with Crippen molar-refractivity contribution in [2.75, 3.05) is 13.1 Å². The largest absolute Gasteiger partial charge is 0.339 e. The van der Waals surface area contributed by atoms with E-state index in [0.29, 0.717) is 5.92 Å². The van der Waals surface area contributed by atoms with Crippen LogP contribution in [0.2, 0.25) is 0 Å². The third-order valence-electron chi connectivity index (χ3n) is 3.42. The highest BCUT2D eigenvalue weighted by atomic mass is 16.2. The summed E-state index contributed by atoms with van der Waals surface area (Å²) in [6, 6.07) is 8.60. The summed E-state index contributed by atoms with van der Waals surface area (Å²) in [7, 11) is 0. The molecule has 0 aromatic heterocycles. The van der Waals surface area contributed by atoms with Gasteiger partial charge in [-0.15, -0.1) is 0 Å². The molecule has 90 valence electrons. The molecule has 1 atom stereocenters. The van der Waals surface area contributed by atoms with Gasteiger partial charge in [-0.25, -0.2) is 0 Å². The van der Waals surface area contributed by atoms with Crippen LogP contribution in [0.3, 0.4) is 0 Å². The molecule has 1 amide bonds. The molecule has 1 aliphatic rings. The van der Waals surface area contributed by atoms with Crippen molar-refractivity contribution in [3.8, 4) is 0 Å². The fourth-order valence-electron chi connectivity index (χ4n) is 2.50. The minimum atomic E-state index is 0.0577. The molecule has 0 bridgehead atoms. The molecule has 0 radical (unpaired) electrons. The molecule has 0 spiro atoms. The topological polar surface area (TPSA) is 20.3 Å². The first-order valence-corrected chi connectivity index (χ1v) is 6.18. The maximum absolute atomic E-state index is 11.6. The highest BCUT2D eigenvalue weighted by Crippen LogP contribution is 2.27. The summed E-state index contributed by atoms with van der Waals surface area (Å²) in [5.41, 5.74) is 2.64. The van der Waals surface area contributed by atoms with Crippen LogP contribution in [0, 0.1) is 6.92 Å². The van der Waals surface area contributed by atoms with E-state index >= 15 is 0 Å². The van der Waals surface area contributed by atoms with Crippen LogP contribution in [0.1, 0.15) is 29.9 Å². The van der Waals surface area contributed by atoms with Crippen LogP contribution in [0.15, 0.2) is 36.9 Å². The second-order valence-corrected chi connectivity index (χ2v) is 4.74. The molecule has 1 unspecified atom stereocenters. The molecule has 17 heavy (non-hydrogen) atoms. The van der Waals surface area contributed by atoms with Gasteiger partial charge in [0.05, 0.1) is 0 Å². The monoisotopic (exact) mass is 229 g/mol. The maximum atomic E-state index is 11.6. The summed E-state index contributed by atoms with van der Waals surface area (Å²) in [5, 5.41) is 0. The van der Waals surface area contributed by atoms with Gasteiger partial charge in [0, 0.05) is 19.0 Å². The Bertz CT molecular complexity index is 425. The molecule has 2 nitrogen and oxygen atoms in total. The predicted molar refractivity (Wildman–Crippen MR) is 69.9 cm³/mol. The van der Waals surface area contributed by atoms with Gasteiger partial charge in [-0.1, -0.05) is 36.4 Å². The zero-order valence-corrected chi connectivity index (χ0v) is 10.4. The van der Waals surface area contributed by atoms with Crippen molar-refractivity contribution in [2.45, 2.75) is 25.7 Å². The minimum Gasteiger partial charge on any atom is -0.339 e. The summed E-state index contributed by atoms with van der Waals surface area (Å²) in [5.74, 6) is 0.537. The van der Waals surface area contributed by atoms with Crippen LogP contribution in [0.25, 0.3) is 0 Å². The number of aryl methyl sites for hydroxylation is 1. The van der Waals surface area contributed by atoms with E-state index in [1.165, 1.54) is 23.6 Å². The second-order valence-electron chi connectivity index (χ2n) is 4.74. The Balaban J connectivity index is 2.12. The molecular weight excluding hydrogens is 210 g/mol. The smallest absolute Gasteiger partial charge is 0.245 e. The number of hydrogen-bond donors (Lipinski definition) is 0. The average Bonchev–Trinajstić information content (AvgIpc) is 2.38. The number of carbonyl (C=O) groups excluding carboxylic acids is 1. The second kappa shape index (κ2) is 5.17. The first-order valence-electron chi connectivity index (χ1n) is 6.18. The number of carbonyl (C=O) groups is 1. The van der Waals surface area contributed by atoms with Crippen LogP contribution in [0.4, 0.5) is 0 Å². The molecule has 1 aromatic rings. The van der Waals surface area contributed by atoms with Gasteiger partial charge in [-0.05, 0) is 31.4 Å². The molecular formula is C15H19NO. The molecule has 1 aromatic carbocycles. The van der Waals surface area contributed by atoms with Gasteiger partial charge in [0.25, 0.3) is 0 Å². The Labute approximate surface area is 103 Å². The van der Waals surface area contributed by atoms with E-state index in [9.17, 15) is 4.79 Å². The van der Waals surface area contributed by atoms with Crippen molar-refractivity contribution in [3.05, 3.63) is 48.0 Å². The molecule has 1 saturated heterocycles. The summed E-state index contributed by atoms with van der Waals surface area (Å²) >= 11 is 0. The van der Waals surface area contributed by atoms with Crippen LogP contribution >= 0.6 is 0 Å². The van der Waals surface area contributed by atoms with E-state index < -0.39 is 0 Å². The van der Waals surface area contributed by atoms with Gasteiger partial charge in [0.15, 0.2) is 0 Å². The van der Waals surface area contributed by atoms with Gasteiger partial charge in [0.2, 0.25) is 5.91 Å². The maximum Gasteiger partial charge on any atom is 0.245 e. The van der Waals surface area contributed by atoms with Gasteiger partial charge < -0.3 is 4.90 Å². The summed E-state index contributed by atoms with van der Waals surface area (Å²) in [6.07, 6.45) is 3.67. The number of amides is 1. The van der Waals surface area contributed by atoms with Crippen molar-refractivity contribution >= 4 is 5.91 Å². The van der Waals surface area contributed by atoms with Crippen molar-refractivity contribution in [2.24, 2.45) is 0 Å². The van der Waals surface area contributed by atoms with E-state index in [0.717, 1.165) is 19.5 Å². The molecule has 1 heterocycles. The third kappa shape index (κ3) is 2.76. The van der Waals surface area contributed by atoms with Crippen molar-refractivity contribution in [3.63, 3.8) is 0 Å². The number of likely N-dealkylation sites (tertiary alicyclic amines) is 1. The Kier molecular flexibility index (Phi) is 3.62. The highest BCUT2D eigenvalue weighted by Gasteiger charge is 2.23. The number of rotatable bonds is 2. The minimum absolute atomic E-state index is 0.0577. The average molecular weight is 229 g/mol. The summed E-state index contributed by atoms with van der Waals surface area (Å²) < 4.78 is 0. The first-order chi connectivity index (χ1) is 8.20. The Morgan fingerprint density at radius 2 is 2.35 bits per heavy atom. The predicted octanol–water partition coefficient (Wildman–Crippen LogP) is 2.89. The first kappa shape index (κ1) is 11.9. The summed E-state index contributed by atoms with van der Waals surface area (Å²) in [4.78, 5) is 13.5. The van der Waals surface area contributed by atoms with Crippen molar-refractivity contribution in [1.82, 2.24) is 4.90 Å². The zero-order valence-electron chi connectivity index (χ0n) is 10.4. The van der Waals surface area contributed by atoms with E-state index in [1.807, 2.05) is 4.90 Å². The van der Waals surface area contributed by atoms with Crippen LogP contribution < -0.4 is 0 Å². The number of benzene rings is 1. The zero-order chi connectivity index (χ0) is 12.3. The van der Waals surface area contributed by atoms with E-state index in [-0.39, 0.29) is 5.91 Å². The lowest BCUT2D eigenvalue weighted by Crippen LogP contribution is -2.38. The molecule has 2 heteroatoms.